The van der Waals surface area contributed by atoms with Gasteiger partial charge in [0.05, 0.1) is 0 Å². The molecule has 2 heterocycles. The molecule has 3 heteroatoms. The zero-order chi connectivity index (χ0) is 23.5. The minimum Gasteiger partial charge on any atom is -0.456 e. The topological polar surface area (TPSA) is 43.4 Å². The molecule has 0 N–H and O–H groups in total. The Kier molecular flexibility index (Phi) is 4.21. The van der Waals surface area contributed by atoms with Crippen LogP contribution in [0.2, 0.25) is 0 Å². The Morgan fingerprint density at radius 1 is 0.543 bits per heavy atom. The molecular formula is C32H20O3. The van der Waals surface area contributed by atoms with Crippen LogP contribution in [0.4, 0.5) is 0 Å². The number of para-hydroxylation sites is 2. The van der Waals surface area contributed by atoms with Gasteiger partial charge < -0.3 is 8.83 Å². The number of carbonyl (C=O) groups is 1. The van der Waals surface area contributed by atoms with Crippen LogP contribution in [0, 0.1) is 0 Å². The van der Waals surface area contributed by atoms with Gasteiger partial charge in [-0.05, 0) is 60.0 Å². The van der Waals surface area contributed by atoms with Crippen LogP contribution in [0.25, 0.3) is 66.1 Å². The van der Waals surface area contributed by atoms with Crippen molar-refractivity contribution in [3.05, 3.63) is 109 Å². The molecule has 0 bridgehead atoms. The van der Waals surface area contributed by atoms with Crippen LogP contribution >= 0.6 is 0 Å². The maximum atomic E-state index is 12.5. The molecule has 0 fully saturated rings. The Balaban J connectivity index is 1.56. The highest BCUT2D eigenvalue weighted by Crippen LogP contribution is 2.41. The lowest BCUT2D eigenvalue weighted by Crippen LogP contribution is -1.96. The van der Waals surface area contributed by atoms with Crippen LogP contribution < -0.4 is 0 Å². The summed E-state index contributed by atoms with van der Waals surface area (Å²) >= 11 is 0. The molecule has 0 aliphatic rings. The second-order valence-electron chi connectivity index (χ2n) is 8.91. The number of furan rings is 2. The van der Waals surface area contributed by atoms with Gasteiger partial charge in [-0.25, -0.2) is 0 Å². The molecule has 5 aromatic carbocycles. The summed E-state index contributed by atoms with van der Waals surface area (Å²) in [6, 6.07) is 34.5. The molecule has 0 radical (unpaired) electrons. The lowest BCUT2D eigenvalue weighted by Gasteiger charge is -2.11. The lowest BCUT2D eigenvalue weighted by molar-refractivity contribution is 0.101. The van der Waals surface area contributed by atoms with Crippen LogP contribution in [-0.4, -0.2) is 5.78 Å². The molecule has 0 saturated heterocycles. The third kappa shape index (κ3) is 3.02. The molecule has 0 unspecified atom stereocenters. The number of hydrogen-bond acceptors (Lipinski definition) is 3. The highest BCUT2D eigenvalue weighted by Gasteiger charge is 2.18. The summed E-state index contributed by atoms with van der Waals surface area (Å²) in [4.78, 5) is 12.5. The number of Topliss-reactive ketones (excluding diaryl/α,β-unsaturated/α-hetero) is 1. The van der Waals surface area contributed by atoms with Crippen molar-refractivity contribution >= 4 is 49.7 Å². The molecule has 0 saturated carbocycles. The average Bonchev–Trinajstić information content (AvgIpc) is 3.46. The van der Waals surface area contributed by atoms with Crippen LogP contribution in [0.15, 0.2) is 112 Å². The van der Waals surface area contributed by atoms with E-state index in [-0.39, 0.29) is 5.78 Å². The zero-order valence-electron chi connectivity index (χ0n) is 19.0. The van der Waals surface area contributed by atoms with Gasteiger partial charge in [-0.1, -0.05) is 66.7 Å². The van der Waals surface area contributed by atoms with E-state index < -0.39 is 0 Å². The fourth-order valence-electron chi connectivity index (χ4n) is 5.12. The van der Waals surface area contributed by atoms with E-state index >= 15 is 0 Å². The van der Waals surface area contributed by atoms with Crippen molar-refractivity contribution in [2.45, 2.75) is 6.92 Å². The van der Waals surface area contributed by atoms with E-state index in [9.17, 15) is 4.79 Å². The molecule has 7 rings (SSSR count). The van der Waals surface area contributed by atoms with Crippen molar-refractivity contribution in [3.63, 3.8) is 0 Å². The molecule has 3 nitrogen and oxygen atoms in total. The smallest absolute Gasteiger partial charge is 0.160 e. The largest absolute Gasteiger partial charge is 0.456 e. The molecular weight excluding hydrogens is 432 g/mol. The first-order chi connectivity index (χ1) is 17.2. The van der Waals surface area contributed by atoms with Gasteiger partial charge in [0.25, 0.3) is 0 Å². The van der Waals surface area contributed by atoms with Crippen LogP contribution in [0.1, 0.15) is 17.3 Å². The Bertz CT molecular complexity index is 1930. The molecule has 166 valence electrons. The molecule has 0 aliphatic carbocycles. The molecule has 0 spiro atoms. The first-order valence-corrected chi connectivity index (χ1v) is 11.6. The van der Waals surface area contributed by atoms with E-state index in [0.29, 0.717) is 5.56 Å². The minimum absolute atomic E-state index is 0.0292. The van der Waals surface area contributed by atoms with E-state index in [1.165, 1.54) is 0 Å². The Labute approximate surface area is 201 Å². The van der Waals surface area contributed by atoms with Crippen molar-refractivity contribution < 1.29 is 13.6 Å². The van der Waals surface area contributed by atoms with Crippen LogP contribution in [0.5, 0.6) is 0 Å². The van der Waals surface area contributed by atoms with Gasteiger partial charge in [-0.2, -0.15) is 0 Å². The molecule has 35 heavy (non-hydrogen) atoms. The fraction of sp³-hybridized carbons (Fsp3) is 0.0312. The number of ketones is 1. The van der Waals surface area contributed by atoms with Gasteiger partial charge in [-0.15, -0.1) is 0 Å². The number of fused-ring (bicyclic) bond motifs is 6. The SMILES string of the molecule is CC(=O)c1ccccc1-c1cc(-c2ccc3oc4ccccc4c3c2)cc2c1oc1ccccc12. The fourth-order valence-corrected chi connectivity index (χ4v) is 5.12. The Morgan fingerprint density at radius 2 is 1.17 bits per heavy atom. The van der Waals surface area contributed by atoms with Gasteiger partial charge in [-0.3, -0.25) is 4.79 Å². The summed E-state index contributed by atoms with van der Waals surface area (Å²) in [5.41, 5.74) is 7.98. The zero-order valence-corrected chi connectivity index (χ0v) is 19.0. The van der Waals surface area contributed by atoms with E-state index in [1.807, 2.05) is 66.7 Å². The van der Waals surface area contributed by atoms with Crippen molar-refractivity contribution in [1.29, 1.82) is 0 Å². The quantitative estimate of drug-likeness (QED) is 0.251. The first-order valence-electron chi connectivity index (χ1n) is 11.6. The summed E-state index contributed by atoms with van der Waals surface area (Å²) < 4.78 is 12.4. The number of rotatable bonds is 3. The highest BCUT2D eigenvalue weighted by atomic mass is 16.3. The second kappa shape index (κ2) is 7.44. The maximum absolute atomic E-state index is 12.5. The van der Waals surface area contributed by atoms with Crippen LogP contribution in [0.3, 0.4) is 0 Å². The second-order valence-corrected chi connectivity index (χ2v) is 8.91. The van der Waals surface area contributed by atoms with Gasteiger partial charge in [0.2, 0.25) is 0 Å². The summed E-state index contributed by atoms with van der Waals surface area (Å²) in [5.74, 6) is 0.0292. The minimum atomic E-state index is 0.0292. The van der Waals surface area contributed by atoms with Crippen molar-refractivity contribution in [3.8, 4) is 22.3 Å². The van der Waals surface area contributed by atoms with Crippen molar-refractivity contribution in [2.75, 3.05) is 0 Å². The Hall–Kier alpha value is -4.63. The van der Waals surface area contributed by atoms with Gasteiger partial charge in [0.1, 0.15) is 22.3 Å². The number of carbonyl (C=O) groups excluding carboxylic acids is 1. The summed E-state index contributed by atoms with van der Waals surface area (Å²) in [6.45, 7) is 1.61. The normalized spacial score (nSPS) is 11.7. The van der Waals surface area contributed by atoms with E-state index in [0.717, 1.165) is 66.1 Å². The van der Waals surface area contributed by atoms with Crippen LogP contribution in [-0.2, 0) is 0 Å². The summed E-state index contributed by atoms with van der Waals surface area (Å²) in [7, 11) is 0. The van der Waals surface area contributed by atoms with E-state index in [1.54, 1.807) is 6.92 Å². The third-order valence-electron chi connectivity index (χ3n) is 6.78. The molecule has 0 amide bonds. The van der Waals surface area contributed by atoms with E-state index in [4.69, 9.17) is 8.83 Å². The summed E-state index contributed by atoms with van der Waals surface area (Å²) in [5, 5.41) is 4.27. The third-order valence-corrected chi connectivity index (χ3v) is 6.78. The molecule has 0 atom stereocenters. The van der Waals surface area contributed by atoms with Gasteiger partial charge in [0.15, 0.2) is 5.78 Å². The average molecular weight is 453 g/mol. The molecule has 7 aromatic rings. The lowest BCUT2D eigenvalue weighted by atomic mass is 9.92. The first kappa shape index (κ1) is 19.8. The molecule has 2 aromatic heterocycles. The predicted octanol–water partition coefficient (Wildman–Crippen LogP) is 9.02. The Morgan fingerprint density at radius 3 is 1.97 bits per heavy atom. The summed E-state index contributed by atoms with van der Waals surface area (Å²) in [6.07, 6.45) is 0. The highest BCUT2D eigenvalue weighted by molar-refractivity contribution is 6.14. The van der Waals surface area contributed by atoms with Gasteiger partial charge in [0, 0.05) is 32.7 Å². The van der Waals surface area contributed by atoms with E-state index in [2.05, 4.69) is 36.4 Å². The standard InChI is InChI=1S/C32H20O3/c1-19(33)22-8-2-3-9-23(22)27-17-21(18-28-25-11-5-7-13-30(25)35-32(27)28)20-14-15-31-26(16-20)24-10-4-6-12-29(24)34-31/h2-18H,1H3. The number of benzene rings is 5. The molecule has 0 aliphatic heterocycles. The maximum Gasteiger partial charge on any atom is 0.160 e. The predicted molar refractivity (Wildman–Crippen MR) is 142 cm³/mol. The van der Waals surface area contributed by atoms with Gasteiger partial charge >= 0.3 is 0 Å². The van der Waals surface area contributed by atoms with Crippen molar-refractivity contribution in [1.82, 2.24) is 0 Å². The number of hydrogen-bond donors (Lipinski definition) is 0. The monoisotopic (exact) mass is 452 g/mol. The van der Waals surface area contributed by atoms with Crippen molar-refractivity contribution in [2.24, 2.45) is 0 Å².